The molecule has 0 saturated carbocycles. The number of carbonyl (C=O) groups is 1. The van der Waals surface area contributed by atoms with Crippen molar-refractivity contribution in [2.24, 2.45) is 5.92 Å². The molecule has 8 heteroatoms. The van der Waals surface area contributed by atoms with Gasteiger partial charge < -0.3 is 10.4 Å². The first-order valence-corrected chi connectivity index (χ1v) is 7.86. The van der Waals surface area contributed by atoms with Crippen molar-refractivity contribution in [3.05, 3.63) is 28.3 Å². The lowest BCUT2D eigenvalue weighted by Gasteiger charge is -2.14. The minimum absolute atomic E-state index is 0.00480. The van der Waals surface area contributed by atoms with Crippen LogP contribution in [-0.2, 0) is 6.18 Å². The number of thiophene rings is 1. The van der Waals surface area contributed by atoms with Crippen LogP contribution in [0.5, 0.6) is 0 Å². The second-order valence-corrected chi connectivity index (χ2v) is 6.62. The highest BCUT2D eigenvalue weighted by Crippen LogP contribution is 2.34. The fourth-order valence-corrected chi connectivity index (χ4v) is 3.08. The molecule has 0 spiro atoms. The van der Waals surface area contributed by atoms with Gasteiger partial charge in [0.15, 0.2) is 0 Å². The summed E-state index contributed by atoms with van der Waals surface area (Å²) in [7, 11) is 0. The highest BCUT2D eigenvalue weighted by Gasteiger charge is 2.33. The van der Waals surface area contributed by atoms with E-state index in [-0.39, 0.29) is 17.3 Å². The Morgan fingerprint density at radius 3 is 2.61 bits per heavy atom. The number of hydrogen-bond donors (Lipinski definition) is 2. The summed E-state index contributed by atoms with van der Waals surface area (Å²) in [5, 5.41) is 12.8. The number of halogens is 3. The summed E-state index contributed by atoms with van der Waals surface area (Å²) in [6.45, 7) is 5.40. The Bertz CT molecular complexity index is 725. The molecule has 0 aromatic carbocycles. The number of nitrogens with one attached hydrogen (secondary N) is 1. The van der Waals surface area contributed by atoms with Gasteiger partial charge in [-0.05, 0) is 30.5 Å². The van der Waals surface area contributed by atoms with Crippen molar-refractivity contribution in [3.63, 3.8) is 0 Å². The Labute approximate surface area is 135 Å². The Hall–Kier alpha value is -1.67. The molecule has 0 aliphatic carbocycles. The molecule has 2 aromatic rings. The monoisotopic (exact) mass is 346 g/mol. The third-order valence-electron chi connectivity index (χ3n) is 3.54. The van der Waals surface area contributed by atoms with Crippen molar-refractivity contribution in [2.75, 3.05) is 6.54 Å². The molecule has 0 radical (unpaired) electrons. The van der Waals surface area contributed by atoms with E-state index in [1.54, 1.807) is 6.92 Å². The molecule has 2 heterocycles. The van der Waals surface area contributed by atoms with Crippen molar-refractivity contribution in [1.82, 2.24) is 10.3 Å². The normalized spacial score (nSPS) is 13.6. The molecule has 1 atom stereocenters. The molecule has 2 rings (SSSR count). The lowest BCUT2D eigenvalue weighted by Crippen LogP contribution is -2.34. The van der Waals surface area contributed by atoms with Gasteiger partial charge in [0, 0.05) is 11.9 Å². The van der Waals surface area contributed by atoms with Gasteiger partial charge in [0.1, 0.15) is 10.5 Å². The van der Waals surface area contributed by atoms with E-state index in [0.29, 0.717) is 15.8 Å². The average Bonchev–Trinajstić information content (AvgIpc) is 2.80. The average molecular weight is 346 g/mol. The Morgan fingerprint density at radius 2 is 2.04 bits per heavy atom. The molecule has 0 saturated heterocycles. The van der Waals surface area contributed by atoms with Crippen LogP contribution in [0.25, 0.3) is 10.2 Å². The van der Waals surface area contributed by atoms with Gasteiger partial charge in [-0.3, -0.25) is 4.79 Å². The van der Waals surface area contributed by atoms with E-state index < -0.39 is 23.9 Å². The zero-order chi connectivity index (χ0) is 17.4. The summed E-state index contributed by atoms with van der Waals surface area (Å²) < 4.78 is 38.1. The van der Waals surface area contributed by atoms with Crippen LogP contribution >= 0.6 is 11.3 Å². The summed E-state index contributed by atoms with van der Waals surface area (Å²) in [6, 6.07) is 2.24. The number of hydrogen-bond acceptors (Lipinski definition) is 4. The van der Waals surface area contributed by atoms with Crippen molar-refractivity contribution in [1.29, 1.82) is 0 Å². The van der Waals surface area contributed by atoms with E-state index in [0.717, 1.165) is 17.4 Å². The van der Waals surface area contributed by atoms with Crippen LogP contribution in [0.15, 0.2) is 12.1 Å². The molecule has 126 valence electrons. The number of aliphatic hydroxyl groups excluding tert-OH is 1. The van der Waals surface area contributed by atoms with Gasteiger partial charge in [-0.1, -0.05) is 13.8 Å². The maximum Gasteiger partial charge on any atom is 0.433 e. The van der Waals surface area contributed by atoms with Gasteiger partial charge in [-0.2, -0.15) is 13.2 Å². The number of aryl methyl sites for hydroxylation is 1. The third kappa shape index (κ3) is 3.81. The van der Waals surface area contributed by atoms with Crippen molar-refractivity contribution < 1.29 is 23.1 Å². The number of aliphatic hydroxyl groups is 1. The lowest BCUT2D eigenvalue weighted by molar-refractivity contribution is -0.140. The van der Waals surface area contributed by atoms with Crippen molar-refractivity contribution in [2.45, 2.75) is 33.1 Å². The van der Waals surface area contributed by atoms with Crippen LogP contribution in [-0.4, -0.2) is 28.6 Å². The smallest absolute Gasteiger partial charge is 0.391 e. The molecule has 0 bridgehead atoms. The SMILES string of the molecule is Cc1c(C(=O)NCC(O)C(C)C)sc2nc(C(F)(F)F)ccc12. The molecule has 23 heavy (non-hydrogen) atoms. The number of aromatic nitrogens is 1. The number of rotatable bonds is 4. The zero-order valence-electron chi connectivity index (χ0n) is 12.9. The van der Waals surface area contributed by atoms with E-state index in [1.807, 2.05) is 13.8 Å². The van der Waals surface area contributed by atoms with Crippen molar-refractivity contribution >= 4 is 27.5 Å². The summed E-state index contributed by atoms with van der Waals surface area (Å²) >= 11 is 0.918. The van der Waals surface area contributed by atoms with Crippen LogP contribution in [0.1, 0.15) is 34.8 Å². The first-order valence-electron chi connectivity index (χ1n) is 7.05. The number of fused-ring (bicyclic) bond motifs is 1. The first kappa shape index (κ1) is 17.7. The molecule has 4 nitrogen and oxygen atoms in total. The van der Waals surface area contributed by atoms with Crippen LogP contribution < -0.4 is 5.32 Å². The second-order valence-electron chi connectivity index (χ2n) is 5.62. The van der Waals surface area contributed by atoms with E-state index >= 15 is 0 Å². The third-order valence-corrected chi connectivity index (χ3v) is 4.74. The van der Waals surface area contributed by atoms with E-state index in [9.17, 15) is 23.1 Å². The zero-order valence-corrected chi connectivity index (χ0v) is 13.7. The summed E-state index contributed by atoms with van der Waals surface area (Å²) in [5.74, 6) is -0.423. The molecule has 1 amide bonds. The Balaban J connectivity index is 2.28. The molecule has 0 aliphatic rings. The number of alkyl halides is 3. The molecule has 0 fully saturated rings. The highest BCUT2D eigenvalue weighted by atomic mass is 32.1. The molecule has 2 N–H and O–H groups in total. The fourth-order valence-electron chi connectivity index (χ4n) is 1.99. The minimum Gasteiger partial charge on any atom is -0.391 e. The van der Waals surface area contributed by atoms with Gasteiger partial charge in [0.05, 0.1) is 11.0 Å². The van der Waals surface area contributed by atoms with Crippen LogP contribution in [0.3, 0.4) is 0 Å². The molecule has 1 unspecified atom stereocenters. The highest BCUT2D eigenvalue weighted by molar-refractivity contribution is 7.20. The standard InChI is InChI=1S/C15H17F3N2O2S/c1-7(2)10(21)6-19-13(22)12-8(3)9-4-5-11(15(16,17)18)20-14(9)23-12/h4-5,7,10,21H,6H2,1-3H3,(H,19,22). The van der Waals surface area contributed by atoms with Gasteiger partial charge in [-0.25, -0.2) is 4.98 Å². The lowest BCUT2D eigenvalue weighted by atomic mass is 10.1. The van der Waals surface area contributed by atoms with Crippen LogP contribution in [0.2, 0.25) is 0 Å². The van der Waals surface area contributed by atoms with E-state index in [1.165, 1.54) is 6.07 Å². The number of carbonyl (C=O) groups excluding carboxylic acids is 1. The predicted molar refractivity (Wildman–Crippen MR) is 82.5 cm³/mol. The molecular weight excluding hydrogens is 329 g/mol. The maximum atomic E-state index is 12.7. The van der Waals surface area contributed by atoms with Gasteiger partial charge >= 0.3 is 6.18 Å². The molecule has 2 aromatic heterocycles. The van der Waals surface area contributed by atoms with E-state index in [4.69, 9.17) is 0 Å². The molecule has 0 aliphatic heterocycles. The van der Waals surface area contributed by atoms with Crippen LogP contribution in [0, 0.1) is 12.8 Å². The first-order chi connectivity index (χ1) is 10.6. The van der Waals surface area contributed by atoms with Gasteiger partial charge in [0.25, 0.3) is 5.91 Å². The number of pyridine rings is 1. The molecular formula is C15H17F3N2O2S. The second kappa shape index (κ2) is 6.45. The van der Waals surface area contributed by atoms with Gasteiger partial charge in [-0.15, -0.1) is 11.3 Å². The number of nitrogens with zero attached hydrogens (tertiary/aromatic N) is 1. The van der Waals surface area contributed by atoms with E-state index in [2.05, 4.69) is 10.3 Å². The predicted octanol–water partition coefficient (Wildman–Crippen LogP) is 3.37. The fraction of sp³-hybridized carbons (Fsp3) is 0.467. The summed E-state index contributed by atoms with van der Waals surface area (Å²) in [4.78, 5) is 16.3. The quantitative estimate of drug-likeness (QED) is 0.892. The van der Waals surface area contributed by atoms with Crippen LogP contribution in [0.4, 0.5) is 13.2 Å². The largest absolute Gasteiger partial charge is 0.433 e. The Morgan fingerprint density at radius 1 is 1.39 bits per heavy atom. The number of amides is 1. The Kier molecular flexibility index (Phi) is 4.95. The van der Waals surface area contributed by atoms with Gasteiger partial charge in [0.2, 0.25) is 0 Å². The topological polar surface area (TPSA) is 62.2 Å². The summed E-state index contributed by atoms with van der Waals surface area (Å²) in [5.41, 5.74) is -0.392. The minimum atomic E-state index is -4.52. The maximum absolute atomic E-state index is 12.7. The van der Waals surface area contributed by atoms with Crippen molar-refractivity contribution in [3.8, 4) is 0 Å². The summed E-state index contributed by atoms with van der Waals surface area (Å²) in [6.07, 6.45) is -5.20.